The summed E-state index contributed by atoms with van der Waals surface area (Å²) in [4.78, 5) is 4.54. The van der Waals surface area contributed by atoms with Gasteiger partial charge in [0.05, 0.1) is 26.4 Å². The Labute approximate surface area is 149 Å². The number of rotatable bonds is 6. The smallest absolute Gasteiger partial charge is 0.127 e. The molecular weight excluding hydrogens is 323 g/mol. The summed E-state index contributed by atoms with van der Waals surface area (Å²) in [5.74, 6) is 0.498. The topological polar surface area (TPSA) is 56.2 Å². The Morgan fingerprint density at radius 1 is 1.20 bits per heavy atom. The van der Waals surface area contributed by atoms with Crippen LogP contribution in [-0.4, -0.2) is 72.6 Å². The van der Waals surface area contributed by atoms with Crippen molar-refractivity contribution in [1.29, 1.82) is 0 Å². The van der Waals surface area contributed by atoms with E-state index in [2.05, 4.69) is 9.80 Å². The van der Waals surface area contributed by atoms with Gasteiger partial charge in [-0.2, -0.15) is 0 Å². The van der Waals surface area contributed by atoms with Crippen molar-refractivity contribution in [2.24, 2.45) is 5.41 Å². The highest BCUT2D eigenvalue weighted by Crippen LogP contribution is 2.40. The van der Waals surface area contributed by atoms with Crippen LogP contribution in [0.5, 0.6) is 5.75 Å². The van der Waals surface area contributed by atoms with Gasteiger partial charge in [0, 0.05) is 25.2 Å². The van der Waals surface area contributed by atoms with Crippen molar-refractivity contribution < 1.29 is 19.3 Å². The standard InChI is InChI=1S/C19H29FN2O3/c1-25-17-3-4-18(20)15(9-17)10-21-7-2-5-19(13-21)6-8-22(14-19)16(11-23)12-24/h3-4,9,16,23-24H,2,5-8,10-14H2,1H3/t19-/m0/s1. The van der Waals surface area contributed by atoms with Gasteiger partial charge in [-0.1, -0.05) is 0 Å². The van der Waals surface area contributed by atoms with E-state index in [-0.39, 0.29) is 30.5 Å². The monoisotopic (exact) mass is 352 g/mol. The van der Waals surface area contributed by atoms with E-state index in [9.17, 15) is 14.6 Å². The van der Waals surface area contributed by atoms with Crippen LogP contribution in [0.4, 0.5) is 4.39 Å². The zero-order valence-corrected chi connectivity index (χ0v) is 15.0. The van der Waals surface area contributed by atoms with Crippen molar-refractivity contribution in [3.05, 3.63) is 29.6 Å². The van der Waals surface area contributed by atoms with E-state index in [0.717, 1.165) is 45.4 Å². The number of nitrogens with zero attached hydrogens (tertiary/aromatic N) is 2. The molecule has 0 aliphatic carbocycles. The molecule has 2 N–H and O–H groups in total. The third-order valence-electron chi connectivity index (χ3n) is 5.79. The molecule has 2 aliphatic heterocycles. The Morgan fingerprint density at radius 2 is 2.00 bits per heavy atom. The maximum absolute atomic E-state index is 14.1. The van der Waals surface area contributed by atoms with Crippen LogP contribution in [0, 0.1) is 11.2 Å². The van der Waals surface area contributed by atoms with Crippen molar-refractivity contribution in [2.75, 3.05) is 46.5 Å². The van der Waals surface area contributed by atoms with Crippen molar-refractivity contribution in [2.45, 2.75) is 31.8 Å². The van der Waals surface area contributed by atoms with Crippen LogP contribution in [0.1, 0.15) is 24.8 Å². The van der Waals surface area contributed by atoms with Crippen molar-refractivity contribution >= 4 is 0 Å². The first-order chi connectivity index (χ1) is 12.1. The maximum atomic E-state index is 14.1. The molecule has 2 aliphatic rings. The molecule has 3 rings (SSSR count). The second kappa shape index (κ2) is 7.99. The highest BCUT2D eigenvalue weighted by molar-refractivity contribution is 5.29. The lowest BCUT2D eigenvalue weighted by molar-refractivity contribution is 0.0553. The highest BCUT2D eigenvalue weighted by atomic mass is 19.1. The molecular formula is C19H29FN2O3. The average molecular weight is 352 g/mol. The minimum Gasteiger partial charge on any atom is -0.497 e. The second-order valence-corrected chi connectivity index (χ2v) is 7.51. The Morgan fingerprint density at radius 3 is 2.72 bits per heavy atom. The van der Waals surface area contributed by atoms with E-state index in [1.807, 2.05) is 0 Å². The van der Waals surface area contributed by atoms with Crippen LogP contribution in [0.25, 0.3) is 0 Å². The van der Waals surface area contributed by atoms with Crippen LogP contribution in [-0.2, 0) is 6.54 Å². The molecule has 0 aromatic heterocycles. The number of piperidine rings is 1. The molecule has 0 unspecified atom stereocenters. The number of aliphatic hydroxyl groups excluding tert-OH is 2. The van der Waals surface area contributed by atoms with Gasteiger partial charge in [-0.3, -0.25) is 9.80 Å². The summed E-state index contributed by atoms with van der Waals surface area (Å²) in [7, 11) is 1.60. The Bertz CT molecular complexity index is 582. The molecule has 140 valence electrons. The van der Waals surface area contributed by atoms with Crippen LogP contribution in [0.15, 0.2) is 18.2 Å². The summed E-state index contributed by atoms with van der Waals surface area (Å²) in [5, 5.41) is 18.9. The van der Waals surface area contributed by atoms with Gasteiger partial charge >= 0.3 is 0 Å². The molecule has 1 aromatic carbocycles. The lowest BCUT2D eigenvalue weighted by Crippen LogP contribution is -2.46. The minimum atomic E-state index is -0.186. The SMILES string of the molecule is COc1ccc(F)c(CN2CCC[C@]3(CCN(C(CO)CO)C3)C2)c1. The van der Waals surface area contributed by atoms with Gasteiger partial charge in [-0.25, -0.2) is 4.39 Å². The van der Waals surface area contributed by atoms with Crippen LogP contribution < -0.4 is 4.74 Å². The zero-order chi connectivity index (χ0) is 17.9. The summed E-state index contributed by atoms with van der Waals surface area (Å²) < 4.78 is 19.4. The predicted octanol–water partition coefficient (Wildman–Crippen LogP) is 1.48. The second-order valence-electron chi connectivity index (χ2n) is 7.51. The van der Waals surface area contributed by atoms with E-state index < -0.39 is 0 Å². The van der Waals surface area contributed by atoms with E-state index in [0.29, 0.717) is 17.9 Å². The first-order valence-electron chi connectivity index (χ1n) is 9.10. The third-order valence-corrected chi connectivity index (χ3v) is 5.79. The van der Waals surface area contributed by atoms with Gasteiger partial charge in [0.2, 0.25) is 0 Å². The molecule has 0 saturated carbocycles. The normalized spacial score (nSPS) is 25.2. The number of aliphatic hydroxyl groups is 2. The molecule has 2 heterocycles. The van der Waals surface area contributed by atoms with E-state index in [1.54, 1.807) is 19.2 Å². The van der Waals surface area contributed by atoms with Gasteiger partial charge in [0.15, 0.2) is 0 Å². The molecule has 2 fully saturated rings. The fourth-order valence-electron chi connectivity index (χ4n) is 4.39. The number of halogens is 1. The van der Waals surface area contributed by atoms with Crippen molar-refractivity contribution in [1.82, 2.24) is 9.80 Å². The predicted molar refractivity (Wildman–Crippen MR) is 94.0 cm³/mol. The molecule has 0 bridgehead atoms. The lowest BCUT2D eigenvalue weighted by Gasteiger charge is -2.41. The van der Waals surface area contributed by atoms with E-state index in [1.165, 1.54) is 6.07 Å². The average Bonchev–Trinajstić information content (AvgIpc) is 3.01. The first kappa shape index (κ1) is 18.6. The molecule has 1 spiro atoms. The fourth-order valence-corrected chi connectivity index (χ4v) is 4.39. The summed E-state index contributed by atoms with van der Waals surface area (Å²) >= 11 is 0. The molecule has 5 nitrogen and oxygen atoms in total. The van der Waals surface area contributed by atoms with Crippen molar-refractivity contribution in [3.63, 3.8) is 0 Å². The largest absolute Gasteiger partial charge is 0.497 e. The summed E-state index contributed by atoms with van der Waals surface area (Å²) in [6, 6.07) is 4.74. The van der Waals surface area contributed by atoms with Gasteiger partial charge in [0.25, 0.3) is 0 Å². The molecule has 25 heavy (non-hydrogen) atoms. The number of benzene rings is 1. The third kappa shape index (κ3) is 4.14. The number of methoxy groups -OCH3 is 1. The Hall–Kier alpha value is -1.21. The summed E-state index contributed by atoms with van der Waals surface area (Å²) in [5.41, 5.74) is 0.866. The summed E-state index contributed by atoms with van der Waals surface area (Å²) in [6.45, 7) is 4.29. The number of hydrogen-bond donors (Lipinski definition) is 2. The molecule has 1 aromatic rings. The zero-order valence-electron chi connectivity index (χ0n) is 15.0. The van der Waals surface area contributed by atoms with Gasteiger partial charge in [0.1, 0.15) is 11.6 Å². The van der Waals surface area contributed by atoms with Crippen LogP contribution in [0.3, 0.4) is 0 Å². The Kier molecular flexibility index (Phi) is 5.94. The van der Waals surface area contributed by atoms with Gasteiger partial charge in [-0.15, -0.1) is 0 Å². The number of hydrogen-bond acceptors (Lipinski definition) is 5. The quantitative estimate of drug-likeness (QED) is 0.812. The molecule has 1 atom stereocenters. The molecule has 6 heteroatoms. The number of ether oxygens (including phenoxy) is 1. The van der Waals surface area contributed by atoms with Crippen molar-refractivity contribution in [3.8, 4) is 5.75 Å². The van der Waals surface area contributed by atoms with Crippen LogP contribution >= 0.6 is 0 Å². The van der Waals surface area contributed by atoms with Crippen LogP contribution in [0.2, 0.25) is 0 Å². The first-order valence-corrected chi connectivity index (χ1v) is 9.10. The minimum absolute atomic E-state index is 0.00862. The lowest BCUT2D eigenvalue weighted by atomic mass is 9.79. The Balaban J connectivity index is 1.66. The molecule has 0 amide bonds. The van der Waals surface area contributed by atoms with E-state index >= 15 is 0 Å². The fraction of sp³-hybridized carbons (Fsp3) is 0.684. The summed E-state index contributed by atoms with van der Waals surface area (Å²) in [6.07, 6.45) is 3.33. The molecule has 0 radical (unpaired) electrons. The van der Waals surface area contributed by atoms with E-state index in [4.69, 9.17) is 4.74 Å². The molecule has 2 saturated heterocycles. The van der Waals surface area contributed by atoms with Gasteiger partial charge in [-0.05, 0) is 56.0 Å². The number of likely N-dealkylation sites (tertiary alicyclic amines) is 2. The van der Waals surface area contributed by atoms with Gasteiger partial charge < -0.3 is 14.9 Å². The maximum Gasteiger partial charge on any atom is 0.127 e. The highest BCUT2D eigenvalue weighted by Gasteiger charge is 2.42.